The molecule has 0 unspecified atom stereocenters. The lowest BCUT2D eigenvalue weighted by Crippen LogP contribution is -2.44. The highest BCUT2D eigenvalue weighted by Gasteiger charge is 2.33. The summed E-state index contributed by atoms with van der Waals surface area (Å²) in [6.07, 6.45) is 2.10. The van der Waals surface area contributed by atoms with Crippen molar-refractivity contribution in [2.75, 3.05) is 33.2 Å². The number of fused-ring (bicyclic) bond motifs is 1. The molecule has 156 valence electrons. The quantitative estimate of drug-likeness (QED) is 0.617. The van der Waals surface area contributed by atoms with Crippen LogP contribution in [0.25, 0.3) is 0 Å². The highest BCUT2D eigenvalue weighted by atomic mass is 32.1. The van der Waals surface area contributed by atoms with Gasteiger partial charge in [0.25, 0.3) is 0 Å². The highest BCUT2D eigenvalue weighted by molar-refractivity contribution is 7.80. The molecule has 0 aliphatic carbocycles. The lowest BCUT2D eigenvalue weighted by molar-refractivity contribution is 0.284. The molecule has 1 aromatic heterocycles. The molecule has 1 aliphatic heterocycles. The van der Waals surface area contributed by atoms with Crippen LogP contribution in [0.1, 0.15) is 17.3 Å². The molecule has 4 rings (SSSR count). The number of aromatic nitrogens is 1. The maximum atomic E-state index is 5.86. The molecule has 3 aromatic rings. The first-order valence-corrected chi connectivity index (χ1v) is 10.1. The van der Waals surface area contributed by atoms with Gasteiger partial charge in [0, 0.05) is 30.5 Å². The van der Waals surface area contributed by atoms with Crippen LogP contribution in [0.3, 0.4) is 0 Å². The average molecular weight is 424 g/mol. The standard InChI is InChI=1S/C23H25N3O3S/c1-27-16-10-11-20(28-2)17(15-16)22-19-8-6-12-25(19)13-14-26(22)23(30)24-18-7-4-5-9-21(18)29-3/h4-12,15,22H,13-14H2,1-3H3,(H,24,30)/t22-/m0/s1. The fourth-order valence-corrected chi connectivity index (χ4v) is 4.22. The van der Waals surface area contributed by atoms with Crippen molar-refractivity contribution in [2.45, 2.75) is 12.6 Å². The molecule has 1 aliphatic rings. The molecule has 2 aromatic carbocycles. The van der Waals surface area contributed by atoms with E-state index in [9.17, 15) is 0 Å². The van der Waals surface area contributed by atoms with Gasteiger partial charge in [-0.3, -0.25) is 0 Å². The zero-order valence-corrected chi connectivity index (χ0v) is 18.1. The van der Waals surface area contributed by atoms with Crippen molar-refractivity contribution in [3.05, 3.63) is 72.1 Å². The van der Waals surface area contributed by atoms with Crippen molar-refractivity contribution >= 4 is 23.0 Å². The van der Waals surface area contributed by atoms with Gasteiger partial charge >= 0.3 is 0 Å². The molecular weight excluding hydrogens is 398 g/mol. The number of ether oxygens (including phenoxy) is 3. The van der Waals surface area contributed by atoms with Crippen molar-refractivity contribution in [3.63, 3.8) is 0 Å². The lowest BCUT2D eigenvalue weighted by Gasteiger charge is -2.39. The predicted octanol–water partition coefficient (Wildman–Crippen LogP) is 4.32. The largest absolute Gasteiger partial charge is 0.497 e. The Labute approximate surface area is 182 Å². The van der Waals surface area contributed by atoms with Crippen LogP contribution in [0.4, 0.5) is 5.69 Å². The van der Waals surface area contributed by atoms with Gasteiger partial charge in [0.05, 0.1) is 27.0 Å². The van der Waals surface area contributed by atoms with Gasteiger partial charge in [-0.2, -0.15) is 0 Å². The van der Waals surface area contributed by atoms with Crippen LogP contribution in [-0.4, -0.2) is 42.5 Å². The van der Waals surface area contributed by atoms with E-state index in [4.69, 9.17) is 26.4 Å². The van der Waals surface area contributed by atoms with E-state index in [1.807, 2.05) is 42.5 Å². The Morgan fingerprint density at radius 2 is 1.73 bits per heavy atom. The van der Waals surface area contributed by atoms with Gasteiger partial charge in [-0.1, -0.05) is 12.1 Å². The van der Waals surface area contributed by atoms with Gasteiger partial charge in [0.2, 0.25) is 0 Å². The first-order valence-electron chi connectivity index (χ1n) is 9.74. The zero-order chi connectivity index (χ0) is 21.1. The van der Waals surface area contributed by atoms with Crippen LogP contribution < -0.4 is 19.5 Å². The number of methoxy groups -OCH3 is 3. The molecule has 2 heterocycles. The summed E-state index contributed by atoms with van der Waals surface area (Å²) < 4.78 is 18.9. The van der Waals surface area contributed by atoms with Gasteiger partial charge < -0.3 is 29.0 Å². The van der Waals surface area contributed by atoms with E-state index in [-0.39, 0.29) is 6.04 Å². The van der Waals surface area contributed by atoms with E-state index in [1.54, 1.807) is 21.3 Å². The second kappa shape index (κ2) is 8.67. The molecular formula is C23H25N3O3S. The zero-order valence-electron chi connectivity index (χ0n) is 17.3. The molecule has 30 heavy (non-hydrogen) atoms. The van der Waals surface area contributed by atoms with Crippen LogP contribution in [0, 0.1) is 0 Å². The Kier molecular flexibility index (Phi) is 5.81. The minimum absolute atomic E-state index is 0.117. The molecule has 0 bridgehead atoms. The van der Waals surface area contributed by atoms with Crippen LogP contribution in [0.2, 0.25) is 0 Å². The Morgan fingerprint density at radius 3 is 2.50 bits per heavy atom. The molecule has 6 nitrogen and oxygen atoms in total. The van der Waals surface area contributed by atoms with Crippen LogP contribution >= 0.6 is 12.2 Å². The van der Waals surface area contributed by atoms with E-state index in [0.717, 1.165) is 47.3 Å². The first kappa shape index (κ1) is 20.1. The third-order valence-electron chi connectivity index (χ3n) is 5.38. The number of nitrogens with zero attached hydrogens (tertiary/aromatic N) is 2. The summed E-state index contributed by atoms with van der Waals surface area (Å²) in [4.78, 5) is 2.19. The minimum atomic E-state index is -0.117. The summed E-state index contributed by atoms with van der Waals surface area (Å²) in [5, 5.41) is 4.00. The van der Waals surface area contributed by atoms with Gasteiger partial charge in [-0.25, -0.2) is 0 Å². The number of para-hydroxylation sites is 2. The summed E-state index contributed by atoms with van der Waals surface area (Å²) in [7, 11) is 5.00. The number of hydrogen-bond donors (Lipinski definition) is 1. The first-order chi connectivity index (χ1) is 14.7. The van der Waals surface area contributed by atoms with Crippen molar-refractivity contribution < 1.29 is 14.2 Å². The van der Waals surface area contributed by atoms with E-state index in [1.165, 1.54) is 0 Å². The van der Waals surface area contributed by atoms with Crippen LogP contribution in [0.15, 0.2) is 60.8 Å². The predicted molar refractivity (Wildman–Crippen MR) is 122 cm³/mol. The van der Waals surface area contributed by atoms with Crippen molar-refractivity contribution in [2.24, 2.45) is 0 Å². The highest BCUT2D eigenvalue weighted by Crippen LogP contribution is 2.39. The molecule has 7 heteroatoms. The summed E-state index contributed by atoms with van der Waals surface area (Å²) >= 11 is 5.86. The number of hydrogen-bond acceptors (Lipinski definition) is 4. The van der Waals surface area contributed by atoms with Crippen LogP contribution in [-0.2, 0) is 6.54 Å². The third kappa shape index (κ3) is 3.68. The molecule has 0 spiro atoms. The van der Waals surface area contributed by atoms with Gasteiger partial charge in [0.1, 0.15) is 23.3 Å². The van der Waals surface area contributed by atoms with E-state index < -0.39 is 0 Å². The van der Waals surface area contributed by atoms with Crippen molar-refractivity contribution in [1.82, 2.24) is 9.47 Å². The van der Waals surface area contributed by atoms with Crippen LogP contribution in [0.5, 0.6) is 17.2 Å². The SMILES string of the molecule is COc1ccc(OC)c([C@H]2c3cccn3CCN2C(=S)Nc2ccccc2OC)c1. The van der Waals surface area contributed by atoms with Gasteiger partial charge in [-0.05, 0) is 54.7 Å². The molecule has 0 radical (unpaired) electrons. The normalized spacial score (nSPS) is 15.3. The summed E-state index contributed by atoms with van der Waals surface area (Å²) in [6, 6.07) is 17.7. The molecule has 1 N–H and O–H groups in total. The summed E-state index contributed by atoms with van der Waals surface area (Å²) in [5.74, 6) is 2.31. The minimum Gasteiger partial charge on any atom is -0.497 e. The second-order valence-electron chi connectivity index (χ2n) is 6.96. The van der Waals surface area contributed by atoms with E-state index >= 15 is 0 Å². The summed E-state index contributed by atoms with van der Waals surface area (Å²) in [6.45, 7) is 1.60. The molecule has 0 saturated carbocycles. The Hall–Kier alpha value is -3.19. The Morgan fingerprint density at radius 1 is 0.933 bits per heavy atom. The number of anilines is 1. The van der Waals surface area contributed by atoms with E-state index in [0.29, 0.717) is 5.11 Å². The maximum absolute atomic E-state index is 5.86. The topological polar surface area (TPSA) is 47.9 Å². The molecule has 1 atom stereocenters. The number of nitrogens with one attached hydrogen (secondary N) is 1. The number of thiocarbonyl (C=S) groups is 1. The fourth-order valence-electron chi connectivity index (χ4n) is 3.92. The fraction of sp³-hybridized carbons (Fsp3) is 0.261. The molecule has 0 amide bonds. The number of benzene rings is 2. The maximum Gasteiger partial charge on any atom is 0.174 e. The molecule has 0 fully saturated rings. The number of rotatable bonds is 5. The van der Waals surface area contributed by atoms with Crippen molar-refractivity contribution in [3.8, 4) is 17.2 Å². The molecule has 0 saturated heterocycles. The monoisotopic (exact) mass is 423 g/mol. The van der Waals surface area contributed by atoms with Gasteiger partial charge in [0.15, 0.2) is 5.11 Å². The van der Waals surface area contributed by atoms with Gasteiger partial charge in [-0.15, -0.1) is 0 Å². The second-order valence-corrected chi connectivity index (χ2v) is 7.35. The van der Waals surface area contributed by atoms with Crippen molar-refractivity contribution in [1.29, 1.82) is 0 Å². The third-order valence-corrected chi connectivity index (χ3v) is 5.72. The lowest BCUT2D eigenvalue weighted by atomic mass is 9.99. The Balaban J connectivity index is 1.75. The average Bonchev–Trinajstić information content (AvgIpc) is 3.27. The smallest absolute Gasteiger partial charge is 0.174 e. The van der Waals surface area contributed by atoms with E-state index in [2.05, 4.69) is 33.1 Å². The Bertz CT molecular complexity index is 1050. The summed E-state index contributed by atoms with van der Waals surface area (Å²) in [5.41, 5.74) is 2.99.